The van der Waals surface area contributed by atoms with E-state index >= 15 is 0 Å². The average Bonchev–Trinajstić information content (AvgIpc) is 2.83. The van der Waals surface area contributed by atoms with E-state index in [1.807, 2.05) is 12.1 Å². The van der Waals surface area contributed by atoms with Crippen molar-refractivity contribution in [2.75, 3.05) is 5.73 Å². The summed E-state index contributed by atoms with van der Waals surface area (Å²) < 4.78 is 1.64. The minimum Gasteiger partial charge on any atom is -0.506 e. The maximum Gasteiger partial charge on any atom is 0.141 e. The standard InChI is InChI=1S/C12H13N3O/c13-12-8-4-3-5-9(8)14-15(12)10-6-1-2-7-11(10)16/h1-2,6-7,16H,3-5,13H2. The zero-order chi connectivity index (χ0) is 11.1. The van der Waals surface area contributed by atoms with Gasteiger partial charge in [-0.2, -0.15) is 5.10 Å². The largest absolute Gasteiger partial charge is 0.506 e. The highest BCUT2D eigenvalue weighted by Crippen LogP contribution is 2.31. The Bertz CT molecular complexity index is 545. The van der Waals surface area contributed by atoms with Gasteiger partial charge in [0.05, 0.1) is 5.69 Å². The van der Waals surface area contributed by atoms with Gasteiger partial charge < -0.3 is 10.8 Å². The summed E-state index contributed by atoms with van der Waals surface area (Å²) in [6, 6.07) is 7.10. The number of anilines is 1. The van der Waals surface area contributed by atoms with E-state index in [2.05, 4.69) is 5.10 Å². The Morgan fingerprint density at radius 1 is 1.25 bits per heavy atom. The summed E-state index contributed by atoms with van der Waals surface area (Å²) in [5.74, 6) is 0.865. The fourth-order valence-corrected chi connectivity index (χ4v) is 2.24. The van der Waals surface area contributed by atoms with Crippen molar-refractivity contribution in [3.63, 3.8) is 0 Å². The Labute approximate surface area is 93.3 Å². The molecule has 1 aliphatic carbocycles. The number of nitrogens with zero attached hydrogens (tertiary/aromatic N) is 2. The normalized spacial score (nSPS) is 14.0. The van der Waals surface area contributed by atoms with Gasteiger partial charge in [-0.1, -0.05) is 12.1 Å². The van der Waals surface area contributed by atoms with Gasteiger partial charge in [-0.25, -0.2) is 4.68 Å². The van der Waals surface area contributed by atoms with Crippen LogP contribution in [0.2, 0.25) is 0 Å². The van der Waals surface area contributed by atoms with Crippen LogP contribution in [0.1, 0.15) is 17.7 Å². The minimum atomic E-state index is 0.204. The van der Waals surface area contributed by atoms with Crippen LogP contribution in [0.4, 0.5) is 5.82 Å². The number of hydrogen-bond donors (Lipinski definition) is 2. The van der Waals surface area contributed by atoms with E-state index in [0.29, 0.717) is 11.5 Å². The van der Waals surface area contributed by atoms with Crippen molar-refractivity contribution < 1.29 is 5.11 Å². The van der Waals surface area contributed by atoms with Gasteiger partial charge in [0, 0.05) is 5.56 Å². The number of rotatable bonds is 1. The van der Waals surface area contributed by atoms with Gasteiger partial charge in [-0.05, 0) is 31.4 Å². The second-order valence-electron chi connectivity index (χ2n) is 4.06. The maximum atomic E-state index is 9.76. The quantitative estimate of drug-likeness (QED) is 0.760. The molecule has 2 aromatic rings. The summed E-state index contributed by atoms with van der Waals surface area (Å²) in [7, 11) is 0. The van der Waals surface area contributed by atoms with Crippen molar-refractivity contribution in [2.45, 2.75) is 19.3 Å². The van der Waals surface area contributed by atoms with Crippen LogP contribution in [0, 0.1) is 0 Å². The van der Waals surface area contributed by atoms with Crippen molar-refractivity contribution in [3.8, 4) is 11.4 Å². The highest BCUT2D eigenvalue weighted by molar-refractivity contribution is 5.55. The van der Waals surface area contributed by atoms with Crippen LogP contribution in [-0.4, -0.2) is 14.9 Å². The minimum absolute atomic E-state index is 0.204. The number of fused-ring (bicyclic) bond motifs is 1. The molecule has 4 heteroatoms. The lowest BCUT2D eigenvalue weighted by molar-refractivity contribution is 0.470. The van der Waals surface area contributed by atoms with E-state index < -0.39 is 0 Å². The fourth-order valence-electron chi connectivity index (χ4n) is 2.24. The second-order valence-corrected chi connectivity index (χ2v) is 4.06. The fraction of sp³-hybridized carbons (Fsp3) is 0.250. The molecule has 0 saturated carbocycles. The molecule has 0 atom stereocenters. The van der Waals surface area contributed by atoms with Crippen molar-refractivity contribution in [2.24, 2.45) is 0 Å². The number of phenolic OH excluding ortho intramolecular Hbond substituents is 1. The number of benzene rings is 1. The van der Waals surface area contributed by atoms with Gasteiger partial charge in [0.15, 0.2) is 0 Å². The Kier molecular flexibility index (Phi) is 1.89. The van der Waals surface area contributed by atoms with E-state index in [0.717, 1.165) is 30.5 Å². The van der Waals surface area contributed by atoms with E-state index in [1.165, 1.54) is 0 Å². The number of aromatic nitrogens is 2. The Morgan fingerprint density at radius 2 is 2.06 bits per heavy atom. The van der Waals surface area contributed by atoms with E-state index in [1.54, 1.807) is 16.8 Å². The Morgan fingerprint density at radius 3 is 2.81 bits per heavy atom. The first-order valence-corrected chi connectivity index (χ1v) is 5.42. The molecular weight excluding hydrogens is 202 g/mol. The van der Waals surface area contributed by atoms with Crippen LogP contribution in [0.5, 0.6) is 5.75 Å². The molecule has 0 unspecified atom stereocenters. The maximum absolute atomic E-state index is 9.76. The number of aryl methyl sites for hydroxylation is 1. The first-order chi connectivity index (χ1) is 7.77. The predicted molar refractivity (Wildman–Crippen MR) is 61.7 cm³/mol. The summed E-state index contributed by atoms with van der Waals surface area (Å²) >= 11 is 0. The summed E-state index contributed by atoms with van der Waals surface area (Å²) in [6.45, 7) is 0. The molecule has 0 radical (unpaired) electrons. The lowest BCUT2D eigenvalue weighted by Gasteiger charge is -2.06. The first-order valence-electron chi connectivity index (χ1n) is 5.42. The van der Waals surface area contributed by atoms with E-state index in [4.69, 9.17) is 5.73 Å². The topological polar surface area (TPSA) is 64.1 Å². The van der Waals surface area contributed by atoms with E-state index in [-0.39, 0.29) is 5.75 Å². The zero-order valence-corrected chi connectivity index (χ0v) is 8.85. The smallest absolute Gasteiger partial charge is 0.141 e. The first kappa shape index (κ1) is 9.27. The molecule has 82 valence electrons. The van der Waals surface area contributed by atoms with Crippen LogP contribution in [0.25, 0.3) is 5.69 Å². The second kappa shape index (κ2) is 3.27. The van der Waals surface area contributed by atoms with Crippen molar-refractivity contribution >= 4 is 5.82 Å². The monoisotopic (exact) mass is 215 g/mol. The summed E-state index contributed by atoms with van der Waals surface area (Å²) in [6.07, 6.45) is 3.11. The molecule has 1 heterocycles. The molecule has 0 saturated heterocycles. The lowest BCUT2D eigenvalue weighted by Crippen LogP contribution is -2.03. The zero-order valence-electron chi connectivity index (χ0n) is 8.85. The van der Waals surface area contributed by atoms with Crippen molar-refractivity contribution in [3.05, 3.63) is 35.5 Å². The third-order valence-corrected chi connectivity index (χ3v) is 3.06. The summed E-state index contributed by atoms with van der Waals surface area (Å²) in [5, 5.41) is 14.2. The third kappa shape index (κ3) is 1.19. The Balaban J connectivity index is 2.18. The van der Waals surface area contributed by atoms with Crippen LogP contribution in [0.15, 0.2) is 24.3 Å². The lowest BCUT2D eigenvalue weighted by atomic mass is 10.2. The molecule has 0 spiro atoms. The molecule has 0 bridgehead atoms. The van der Waals surface area contributed by atoms with Crippen molar-refractivity contribution in [1.82, 2.24) is 9.78 Å². The van der Waals surface area contributed by atoms with Gasteiger partial charge >= 0.3 is 0 Å². The molecule has 0 aliphatic heterocycles. The van der Waals surface area contributed by atoms with Crippen LogP contribution >= 0.6 is 0 Å². The third-order valence-electron chi connectivity index (χ3n) is 3.06. The number of nitrogen functional groups attached to an aromatic ring is 1. The number of hydrogen-bond acceptors (Lipinski definition) is 3. The number of aromatic hydroxyl groups is 1. The molecule has 1 aromatic carbocycles. The van der Waals surface area contributed by atoms with Crippen LogP contribution in [0.3, 0.4) is 0 Å². The van der Waals surface area contributed by atoms with E-state index in [9.17, 15) is 5.11 Å². The number of nitrogens with two attached hydrogens (primary N) is 1. The molecule has 1 aromatic heterocycles. The van der Waals surface area contributed by atoms with Crippen LogP contribution < -0.4 is 5.73 Å². The molecule has 0 fully saturated rings. The molecule has 16 heavy (non-hydrogen) atoms. The summed E-state index contributed by atoms with van der Waals surface area (Å²) in [5.41, 5.74) is 8.90. The average molecular weight is 215 g/mol. The van der Waals surface area contributed by atoms with Crippen LogP contribution in [-0.2, 0) is 12.8 Å². The molecule has 0 amide bonds. The van der Waals surface area contributed by atoms with Gasteiger partial charge in [-0.3, -0.25) is 0 Å². The van der Waals surface area contributed by atoms with Gasteiger partial charge in [0.2, 0.25) is 0 Å². The molecule has 1 aliphatic rings. The molecule has 4 nitrogen and oxygen atoms in total. The van der Waals surface area contributed by atoms with Gasteiger partial charge in [-0.15, -0.1) is 0 Å². The molecular formula is C12H13N3O. The SMILES string of the molecule is Nc1c2c(nn1-c1ccccc1O)CCC2. The highest BCUT2D eigenvalue weighted by atomic mass is 16.3. The predicted octanol–water partition coefficient (Wildman–Crippen LogP) is 1.65. The number of para-hydroxylation sites is 2. The highest BCUT2D eigenvalue weighted by Gasteiger charge is 2.21. The summed E-state index contributed by atoms with van der Waals surface area (Å²) in [4.78, 5) is 0. The molecule has 3 N–H and O–H groups in total. The molecule has 3 rings (SSSR count). The Hall–Kier alpha value is -1.97. The van der Waals surface area contributed by atoms with Gasteiger partial charge in [0.25, 0.3) is 0 Å². The van der Waals surface area contributed by atoms with Gasteiger partial charge in [0.1, 0.15) is 17.3 Å². The van der Waals surface area contributed by atoms with Crippen molar-refractivity contribution in [1.29, 1.82) is 0 Å². The number of phenols is 1.